The lowest BCUT2D eigenvalue weighted by atomic mass is 10.2. The van der Waals surface area contributed by atoms with Gasteiger partial charge in [-0.25, -0.2) is 4.99 Å². The molecule has 1 aromatic rings. The van der Waals surface area contributed by atoms with Crippen LogP contribution in [0.4, 0.5) is 0 Å². The number of methoxy groups -OCH3 is 1. The summed E-state index contributed by atoms with van der Waals surface area (Å²) in [7, 11) is 1.60. The molecule has 1 aliphatic carbocycles. The second-order valence-electron chi connectivity index (χ2n) is 6.55. The highest BCUT2D eigenvalue weighted by Gasteiger charge is 2.20. The summed E-state index contributed by atoms with van der Waals surface area (Å²) in [6.45, 7) is 6.13. The van der Waals surface area contributed by atoms with Crippen LogP contribution in [0.15, 0.2) is 23.2 Å². The summed E-state index contributed by atoms with van der Waals surface area (Å²) >= 11 is 0. The van der Waals surface area contributed by atoms with Gasteiger partial charge in [-0.15, -0.1) is 24.0 Å². The lowest BCUT2D eigenvalue weighted by Gasteiger charge is -2.13. The SMILES string of the molecule is CCNC(=NCc1ccc(OCCO)c(OC)c1)NCCCOCC1CC1.I. The van der Waals surface area contributed by atoms with Gasteiger partial charge in [0.2, 0.25) is 0 Å². The second kappa shape index (κ2) is 14.7. The highest BCUT2D eigenvalue weighted by molar-refractivity contribution is 14.0. The molecule has 8 heteroatoms. The Balaban J connectivity index is 0.00000392. The van der Waals surface area contributed by atoms with E-state index in [0.29, 0.717) is 18.0 Å². The Kier molecular flexibility index (Phi) is 13.0. The van der Waals surface area contributed by atoms with Gasteiger partial charge < -0.3 is 30.0 Å². The first-order chi connectivity index (χ1) is 13.3. The minimum Gasteiger partial charge on any atom is -0.493 e. The van der Waals surface area contributed by atoms with Gasteiger partial charge in [-0.1, -0.05) is 6.07 Å². The van der Waals surface area contributed by atoms with Crippen LogP contribution in [0.3, 0.4) is 0 Å². The predicted molar refractivity (Wildman–Crippen MR) is 122 cm³/mol. The van der Waals surface area contributed by atoms with Gasteiger partial charge in [-0.05, 0) is 49.8 Å². The number of aliphatic imine (C=N–C) groups is 1. The van der Waals surface area contributed by atoms with Crippen molar-refractivity contribution < 1.29 is 19.3 Å². The molecule has 160 valence electrons. The Morgan fingerprint density at radius 1 is 1.21 bits per heavy atom. The Morgan fingerprint density at radius 2 is 2.04 bits per heavy atom. The Morgan fingerprint density at radius 3 is 2.71 bits per heavy atom. The van der Waals surface area contributed by atoms with E-state index in [2.05, 4.69) is 15.6 Å². The number of aliphatic hydroxyl groups is 1. The maximum atomic E-state index is 8.88. The summed E-state index contributed by atoms with van der Waals surface area (Å²) in [5, 5.41) is 15.5. The standard InChI is InChI=1S/C20H33N3O4.HI/c1-3-21-20(22-9-4-11-26-15-16-5-6-16)23-14-17-7-8-18(27-12-10-24)19(13-17)25-2;/h7-8,13,16,24H,3-6,9-12,14-15H2,1-2H3,(H2,21,22,23);1H. The number of hydrogen-bond donors (Lipinski definition) is 3. The van der Waals surface area contributed by atoms with Gasteiger partial charge in [0, 0.05) is 26.3 Å². The molecule has 0 atom stereocenters. The van der Waals surface area contributed by atoms with Crippen molar-refractivity contribution in [3.05, 3.63) is 23.8 Å². The fraction of sp³-hybridized carbons (Fsp3) is 0.650. The van der Waals surface area contributed by atoms with Gasteiger partial charge in [-0.3, -0.25) is 0 Å². The number of ether oxygens (including phenoxy) is 3. The Bertz CT molecular complexity index is 583. The van der Waals surface area contributed by atoms with Gasteiger partial charge >= 0.3 is 0 Å². The first-order valence-corrected chi connectivity index (χ1v) is 9.77. The van der Waals surface area contributed by atoms with Crippen molar-refractivity contribution in [1.29, 1.82) is 0 Å². The number of nitrogens with one attached hydrogen (secondary N) is 2. The molecule has 2 rings (SSSR count). The van der Waals surface area contributed by atoms with Crippen LogP contribution in [0, 0.1) is 5.92 Å². The molecule has 0 aliphatic heterocycles. The molecule has 0 heterocycles. The third-order valence-electron chi connectivity index (χ3n) is 4.15. The quantitative estimate of drug-likeness (QED) is 0.165. The van der Waals surface area contributed by atoms with Crippen molar-refractivity contribution in [3.63, 3.8) is 0 Å². The summed E-state index contributed by atoms with van der Waals surface area (Å²) < 4.78 is 16.5. The number of guanidine groups is 1. The summed E-state index contributed by atoms with van der Waals surface area (Å²) in [5.74, 6) is 2.87. The monoisotopic (exact) mass is 507 g/mol. The van der Waals surface area contributed by atoms with E-state index in [1.165, 1.54) is 12.8 Å². The van der Waals surface area contributed by atoms with Gasteiger partial charge in [0.15, 0.2) is 17.5 Å². The van der Waals surface area contributed by atoms with Gasteiger partial charge in [-0.2, -0.15) is 0 Å². The van der Waals surface area contributed by atoms with Crippen molar-refractivity contribution in [2.24, 2.45) is 10.9 Å². The zero-order valence-electron chi connectivity index (χ0n) is 16.9. The van der Waals surface area contributed by atoms with Crippen LogP contribution in [0.25, 0.3) is 0 Å². The lowest BCUT2D eigenvalue weighted by molar-refractivity contribution is 0.123. The Hall–Kier alpha value is -1.26. The highest BCUT2D eigenvalue weighted by atomic mass is 127. The first kappa shape index (κ1) is 24.8. The van der Waals surface area contributed by atoms with E-state index in [0.717, 1.165) is 50.2 Å². The second-order valence-corrected chi connectivity index (χ2v) is 6.55. The molecule has 7 nitrogen and oxygen atoms in total. The molecule has 1 aromatic carbocycles. The van der Waals surface area contributed by atoms with Gasteiger partial charge in [0.05, 0.1) is 20.3 Å². The summed E-state index contributed by atoms with van der Waals surface area (Å²) in [6.07, 6.45) is 3.62. The predicted octanol–water partition coefficient (Wildman–Crippen LogP) is 2.56. The van der Waals surface area contributed by atoms with E-state index in [1.54, 1.807) is 7.11 Å². The first-order valence-electron chi connectivity index (χ1n) is 9.77. The maximum Gasteiger partial charge on any atom is 0.191 e. The van der Waals surface area contributed by atoms with Gasteiger partial charge in [0.25, 0.3) is 0 Å². The zero-order valence-corrected chi connectivity index (χ0v) is 19.2. The van der Waals surface area contributed by atoms with Crippen molar-refractivity contribution in [1.82, 2.24) is 10.6 Å². The van der Waals surface area contributed by atoms with E-state index >= 15 is 0 Å². The zero-order chi connectivity index (χ0) is 19.3. The van der Waals surface area contributed by atoms with E-state index < -0.39 is 0 Å². The minimum atomic E-state index is -0.0292. The van der Waals surface area contributed by atoms with Crippen molar-refractivity contribution in [2.45, 2.75) is 32.7 Å². The number of benzene rings is 1. The number of nitrogens with zero attached hydrogens (tertiary/aromatic N) is 1. The molecule has 0 unspecified atom stereocenters. The smallest absolute Gasteiger partial charge is 0.191 e. The third kappa shape index (κ3) is 9.79. The molecule has 3 N–H and O–H groups in total. The molecule has 0 aromatic heterocycles. The molecule has 0 amide bonds. The topological polar surface area (TPSA) is 84.3 Å². The molecular formula is C20H34IN3O4. The molecule has 1 aliphatic rings. The fourth-order valence-electron chi connectivity index (χ4n) is 2.51. The van der Waals surface area contributed by atoms with E-state index in [4.69, 9.17) is 19.3 Å². The summed E-state index contributed by atoms with van der Waals surface area (Å²) in [6, 6.07) is 5.70. The molecule has 0 radical (unpaired) electrons. The number of halogens is 1. The Labute approximate surface area is 185 Å². The van der Waals surface area contributed by atoms with Crippen LogP contribution in [-0.4, -0.2) is 57.7 Å². The molecule has 1 fully saturated rings. The molecular weight excluding hydrogens is 473 g/mol. The summed E-state index contributed by atoms with van der Waals surface area (Å²) in [4.78, 5) is 4.62. The third-order valence-corrected chi connectivity index (χ3v) is 4.15. The van der Waals surface area contributed by atoms with Crippen LogP contribution in [-0.2, 0) is 11.3 Å². The number of rotatable bonds is 13. The van der Waals surface area contributed by atoms with Crippen molar-refractivity contribution in [3.8, 4) is 11.5 Å². The minimum absolute atomic E-state index is 0. The normalized spacial score (nSPS) is 13.6. The average molecular weight is 507 g/mol. The number of hydrogen-bond acceptors (Lipinski definition) is 5. The molecule has 0 saturated heterocycles. The van der Waals surface area contributed by atoms with Crippen LogP contribution in [0.1, 0.15) is 31.7 Å². The maximum absolute atomic E-state index is 8.88. The van der Waals surface area contributed by atoms with Crippen LogP contribution >= 0.6 is 24.0 Å². The number of aliphatic hydroxyl groups excluding tert-OH is 1. The van der Waals surface area contributed by atoms with E-state index in [1.807, 2.05) is 25.1 Å². The lowest BCUT2D eigenvalue weighted by Crippen LogP contribution is -2.38. The summed E-state index contributed by atoms with van der Waals surface area (Å²) in [5.41, 5.74) is 1.02. The fourth-order valence-corrected chi connectivity index (χ4v) is 2.51. The average Bonchev–Trinajstić information content (AvgIpc) is 3.51. The van der Waals surface area contributed by atoms with Crippen LogP contribution < -0.4 is 20.1 Å². The highest BCUT2D eigenvalue weighted by Crippen LogP contribution is 2.29. The van der Waals surface area contributed by atoms with Crippen LogP contribution in [0.5, 0.6) is 11.5 Å². The van der Waals surface area contributed by atoms with E-state index in [9.17, 15) is 0 Å². The molecule has 28 heavy (non-hydrogen) atoms. The molecule has 0 bridgehead atoms. The van der Waals surface area contributed by atoms with Crippen molar-refractivity contribution >= 4 is 29.9 Å². The molecule has 0 spiro atoms. The largest absolute Gasteiger partial charge is 0.493 e. The van der Waals surface area contributed by atoms with Gasteiger partial charge in [0.1, 0.15) is 6.61 Å². The molecule has 1 saturated carbocycles. The van der Waals surface area contributed by atoms with Crippen LogP contribution in [0.2, 0.25) is 0 Å². The van der Waals surface area contributed by atoms with E-state index in [-0.39, 0.29) is 37.2 Å². The van der Waals surface area contributed by atoms with Crippen molar-refractivity contribution in [2.75, 3.05) is 46.6 Å².